The van der Waals surface area contributed by atoms with E-state index in [4.69, 9.17) is 23.2 Å². The number of alkyl halides is 3. The van der Waals surface area contributed by atoms with Crippen LogP contribution in [0.1, 0.15) is 94.0 Å². The van der Waals surface area contributed by atoms with E-state index in [9.17, 15) is 30.0 Å². The Balaban J connectivity index is 0.986. The topological polar surface area (TPSA) is 116 Å². The van der Waals surface area contributed by atoms with E-state index < -0.39 is 35.2 Å². The third-order valence-corrected chi connectivity index (χ3v) is 18.6. The summed E-state index contributed by atoms with van der Waals surface area (Å²) in [6.45, 7) is 9.53. The fraction of sp³-hybridized carbons (Fsp3) is 0.520. The number of benzene rings is 3. The van der Waals surface area contributed by atoms with E-state index in [0.717, 1.165) is 86.8 Å². The molecule has 0 amide bonds. The Bertz CT molecular complexity index is 2640. The Kier molecular flexibility index (Phi) is 17.4. The summed E-state index contributed by atoms with van der Waals surface area (Å²) in [5.41, 5.74) is -0.000524. The third kappa shape index (κ3) is 13.4. The highest BCUT2D eigenvalue weighted by Crippen LogP contribution is 2.44. The lowest BCUT2D eigenvalue weighted by Gasteiger charge is -2.41. The molecule has 1 atom stereocenters. The average Bonchev–Trinajstić information content (AvgIpc) is 3.29. The van der Waals surface area contributed by atoms with Gasteiger partial charge in [-0.2, -0.15) is 13.2 Å². The molecular formula is C50H63Cl2F3N6O4S3. The van der Waals surface area contributed by atoms with Gasteiger partial charge in [0.05, 0.1) is 20.5 Å². The van der Waals surface area contributed by atoms with Crippen LogP contribution in [0.25, 0.3) is 5.57 Å². The molecule has 1 N–H and O–H groups in total. The summed E-state index contributed by atoms with van der Waals surface area (Å²) in [5.74, 6) is 1.11. The molecule has 7 rings (SSSR count). The van der Waals surface area contributed by atoms with E-state index in [0.29, 0.717) is 60.7 Å². The van der Waals surface area contributed by atoms with Crippen molar-refractivity contribution >= 4 is 66.2 Å². The van der Waals surface area contributed by atoms with Crippen LogP contribution < -0.4 is 4.72 Å². The van der Waals surface area contributed by atoms with Gasteiger partial charge in [0.2, 0.25) is 0 Å². The highest BCUT2D eigenvalue weighted by atomic mass is 35.5. The van der Waals surface area contributed by atoms with Crippen LogP contribution in [0.3, 0.4) is 0 Å². The quantitative estimate of drug-likeness (QED) is 0.0719. The predicted molar refractivity (Wildman–Crippen MR) is 268 cm³/mol. The number of aryl methyl sites for hydroxylation is 1. The number of rotatable bonds is 19. The number of nitrogens with one attached hydrogen (secondary N) is 1. The van der Waals surface area contributed by atoms with Gasteiger partial charge < -0.3 is 4.90 Å². The van der Waals surface area contributed by atoms with Crippen molar-refractivity contribution in [2.75, 3.05) is 57.3 Å². The SMILES string of the molecule is CN(C)CC[C@@H](CCCCc1ccc(S(=O)(=O)Nc2ncnc3c2CCN(C2CCN(CC4=C(c5ccc(Cl)cc5)CC(C)(C)CC4)CC2)C3)cc1S(=O)(=O)C(F)(F)F)CSc1ccccc1Cl. The molecule has 1 saturated heterocycles. The van der Waals surface area contributed by atoms with Crippen LogP contribution in [-0.2, 0) is 39.2 Å². The number of hydrogen-bond donors (Lipinski definition) is 1. The Labute approximate surface area is 415 Å². The van der Waals surface area contributed by atoms with E-state index >= 15 is 0 Å². The van der Waals surface area contributed by atoms with Gasteiger partial charge in [-0.15, -0.1) is 11.8 Å². The van der Waals surface area contributed by atoms with Crippen molar-refractivity contribution < 1.29 is 30.0 Å². The molecule has 4 aromatic rings. The van der Waals surface area contributed by atoms with Gasteiger partial charge in [-0.3, -0.25) is 14.5 Å². The lowest BCUT2D eigenvalue weighted by atomic mass is 9.72. The molecule has 0 unspecified atom stereocenters. The van der Waals surface area contributed by atoms with Crippen LogP contribution in [0.5, 0.6) is 0 Å². The number of anilines is 1. The maximum Gasteiger partial charge on any atom is 0.501 e. The minimum absolute atomic E-state index is 0.0211. The molecule has 3 aromatic carbocycles. The standard InChI is InChI=1S/C50H63Cl2F3N6O4S3/c1-49(2)24-19-38(43(30-49)36-13-16-39(51)17-14-36)31-60-26-21-40(22-27-60)61-28-23-42-45(32-61)56-34-57-48(42)58-68(64,65)41-18-15-37(47(29-41)67(62,63)50(53,54)55)10-6-5-9-35(20-25-59(3)4)33-66-46-12-8-7-11-44(46)52/h7-8,11-18,29,34-35,40H,5-6,9-10,19-28,30-33H2,1-4H3,(H,56,57,58)/t35-/m1/s1. The molecule has 68 heavy (non-hydrogen) atoms. The smallest absolute Gasteiger partial charge is 0.309 e. The lowest BCUT2D eigenvalue weighted by Crippen LogP contribution is -2.47. The normalized spacial score (nSPS) is 18.2. The zero-order chi connectivity index (χ0) is 48.9. The van der Waals surface area contributed by atoms with E-state index in [1.165, 1.54) is 35.2 Å². The maximum absolute atomic E-state index is 14.1. The van der Waals surface area contributed by atoms with Gasteiger partial charge in [-0.1, -0.05) is 79.4 Å². The summed E-state index contributed by atoms with van der Waals surface area (Å²) in [5, 5.41) is 1.41. The molecule has 370 valence electrons. The second kappa shape index (κ2) is 22.5. The molecule has 10 nitrogen and oxygen atoms in total. The Morgan fingerprint density at radius 2 is 1.66 bits per heavy atom. The number of aromatic nitrogens is 2. The fourth-order valence-corrected chi connectivity index (χ4v) is 13.4. The number of sulfone groups is 1. The number of likely N-dealkylation sites (tertiary alicyclic amines) is 1. The monoisotopic (exact) mass is 1030 g/mol. The van der Waals surface area contributed by atoms with Gasteiger partial charge >= 0.3 is 5.51 Å². The van der Waals surface area contributed by atoms with E-state index in [-0.39, 0.29) is 29.1 Å². The largest absolute Gasteiger partial charge is 0.501 e. The van der Waals surface area contributed by atoms with Crippen molar-refractivity contribution in [2.24, 2.45) is 11.3 Å². The average molecular weight is 1040 g/mol. The Hall–Kier alpha value is -3.22. The van der Waals surface area contributed by atoms with Gasteiger partial charge in [-0.05, 0) is 162 Å². The molecule has 18 heteroatoms. The fourth-order valence-electron chi connectivity index (χ4n) is 9.69. The molecule has 3 aliphatic rings. The van der Waals surface area contributed by atoms with Crippen molar-refractivity contribution in [3.8, 4) is 0 Å². The van der Waals surface area contributed by atoms with Crippen LogP contribution in [0.4, 0.5) is 19.0 Å². The van der Waals surface area contributed by atoms with Crippen LogP contribution >= 0.6 is 35.0 Å². The summed E-state index contributed by atoms with van der Waals surface area (Å²) in [7, 11) is -6.48. The zero-order valence-corrected chi connectivity index (χ0v) is 43.3. The first-order chi connectivity index (χ1) is 32.2. The van der Waals surface area contributed by atoms with Crippen molar-refractivity contribution in [1.29, 1.82) is 0 Å². The Morgan fingerprint density at radius 1 is 0.926 bits per heavy atom. The molecule has 3 heterocycles. The molecule has 0 spiro atoms. The van der Waals surface area contributed by atoms with E-state index in [1.807, 2.05) is 50.5 Å². The van der Waals surface area contributed by atoms with E-state index in [2.05, 4.69) is 55.4 Å². The minimum atomic E-state index is -5.89. The van der Waals surface area contributed by atoms with Crippen molar-refractivity contribution in [3.05, 3.63) is 111 Å². The summed E-state index contributed by atoms with van der Waals surface area (Å²) in [6, 6.07) is 19.1. The van der Waals surface area contributed by atoms with E-state index in [1.54, 1.807) is 11.8 Å². The Morgan fingerprint density at radius 3 is 2.37 bits per heavy atom. The minimum Gasteiger partial charge on any atom is -0.309 e. The van der Waals surface area contributed by atoms with Gasteiger partial charge in [0.25, 0.3) is 19.9 Å². The van der Waals surface area contributed by atoms with Gasteiger partial charge in [-0.25, -0.2) is 26.8 Å². The van der Waals surface area contributed by atoms with Crippen LogP contribution in [0, 0.1) is 11.3 Å². The number of unbranched alkanes of at least 4 members (excludes halogenated alkanes) is 1. The highest BCUT2D eigenvalue weighted by molar-refractivity contribution is 7.99. The van der Waals surface area contributed by atoms with Crippen LogP contribution in [0.2, 0.25) is 10.0 Å². The number of sulfonamides is 1. The molecule has 0 bridgehead atoms. The van der Waals surface area contributed by atoms with Gasteiger partial charge in [0.1, 0.15) is 12.1 Å². The van der Waals surface area contributed by atoms with Crippen molar-refractivity contribution in [1.82, 2.24) is 24.7 Å². The number of fused-ring (bicyclic) bond motifs is 1. The second-order valence-corrected chi connectivity index (χ2v) is 25.1. The van der Waals surface area contributed by atoms with Gasteiger partial charge in [0.15, 0.2) is 0 Å². The van der Waals surface area contributed by atoms with Gasteiger partial charge in [0, 0.05) is 46.9 Å². The molecule has 0 saturated carbocycles. The molecule has 1 aliphatic carbocycles. The summed E-state index contributed by atoms with van der Waals surface area (Å²) >= 11 is 14.3. The molecular weight excluding hydrogens is 973 g/mol. The molecule has 2 aliphatic heterocycles. The first kappa shape index (κ1) is 52.6. The predicted octanol–water partition coefficient (Wildman–Crippen LogP) is 11.4. The molecule has 1 fully saturated rings. The number of nitrogens with zero attached hydrogens (tertiary/aromatic N) is 5. The van der Waals surface area contributed by atoms with Crippen molar-refractivity contribution in [3.63, 3.8) is 0 Å². The molecule has 1 aromatic heterocycles. The first-order valence-corrected chi connectivity index (χ1v) is 28.1. The van der Waals surface area contributed by atoms with Crippen LogP contribution in [-0.4, -0.2) is 106 Å². The number of allylic oxidation sites excluding steroid dienone is 1. The highest BCUT2D eigenvalue weighted by Gasteiger charge is 2.48. The van der Waals surface area contributed by atoms with Crippen molar-refractivity contribution in [2.45, 2.75) is 117 Å². The number of halogens is 5. The second-order valence-electron chi connectivity index (χ2n) is 19.6. The number of thioether (sulfide) groups is 1. The number of hydrogen-bond acceptors (Lipinski definition) is 10. The lowest BCUT2D eigenvalue weighted by molar-refractivity contribution is -0.0436. The van der Waals surface area contributed by atoms with Crippen LogP contribution in [0.15, 0.2) is 93.3 Å². The summed E-state index contributed by atoms with van der Waals surface area (Å²) in [6.07, 6.45) is 9.70. The summed E-state index contributed by atoms with van der Waals surface area (Å²) in [4.78, 5) is 15.1. The number of piperidine rings is 1. The molecule has 0 radical (unpaired) electrons. The maximum atomic E-state index is 14.1. The summed E-state index contributed by atoms with van der Waals surface area (Å²) < 4.78 is 98.8. The zero-order valence-electron chi connectivity index (χ0n) is 39.3. The first-order valence-electron chi connectivity index (χ1n) is 23.4. The third-order valence-electron chi connectivity index (χ3n) is 13.7.